The number of aryl methyl sites for hydroxylation is 2. The summed E-state index contributed by atoms with van der Waals surface area (Å²) < 4.78 is 14.2. The second-order valence-electron chi connectivity index (χ2n) is 6.76. The molecule has 0 N–H and O–H groups in total. The lowest BCUT2D eigenvalue weighted by molar-refractivity contribution is -0.0740. The Morgan fingerprint density at radius 1 is 1.32 bits per heavy atom. The summed E-state index contributed by atoms with van der Waals surface area (Å²) >= 11 is 0. The van der Waals surface area contributed by atoms with Crippen molar-refractivity contribution in [1.29, 1.82) is 0 Å². The third-order valence-electron chi connectivity index (χ3n) is 4.98. The molecule has 0 spiro atoms. The largest absolute Gasteiger partial charge is 0.374 e. The van der Waals surface area contributed by atoms with E-state index < -0.39 is 0 Å². The van der Waals surface area contributed by atoms with Crippen molar-refractivity contribution in [3.63, 3.8) is 0 Å². The summed E-state index contributed by atoms with van der Waals surface area (Å²) in [6.45, 7) is 5.18. The highest BCUT2D eigenvalue weighted by Crippen LogP contribution is 2.33. The van der Waals surface area contributed by atoms with Crippen LogP contribution in [0.4, 0.5) is 5.82 Å². The third-order valence-corrected chi connectivity index (χ3v) is 4.98. The molecule has 2 saturated heterocycles. The molecule has 0 bridgehead atoms. The van der Waals surface area contributed by atoms with E-state index in [0.717, 1.165) is 50.5 Å². The summed E-state index contributed by atoms with van der Waals surface area (Å²) in [5.41, 5.74) is 0.936. The number of ether oxygens (including phenoxy) is 2. The zero-order valence-corrected chi connectivity index (χ0v) is 14.6. The maximum atomic E-state index is 6.19. The first-order valence-corrected chi connectivity index (χ1v) is 9.09. The first-order valence-electron chi connectivity index (χ1n) is 9.09. The molecule has 0 aliphatic carbocycles. The normalized spacial score (nSPS) is 26.0. The van der Waals surface area contributed by atoms with Crippen molar-refractivity contribution in [2.45, 2.75) is 51.0 Å². The van der Waals surface area contributed by atoms with Gasteiger partial charge in [-0.3, -0.25) is 4.68 Å². The molecule has 2 aromatic heterocycles. The van der Waals surface area contributed by atoms with Gasteiger partial charge in [0.2, 0.25) is 0 Å². The summed E-state index contributed by atoms with van der Waals surface area (Å²) in [6, 6.07) is 6.34. The van der Waals surface area contributed by atoms with Gasteiger partial charge in [-0.05, 0) is 44.4 Å². The van der Waals surface area contributed by atoms with E-state index in [9.17, 15) is 0 Å². The summed E-state index contributed by atoms with van der Waals surface area (Å²) in [4.78, 5) is 2.31. The molecule has 2 aromatic rings. The summed E-state index contributed by atoms with van der Waals surface area (Å²) in [5.74, 6) is 0.925. The third kappa shape index (κ3) is 3.67. The Kier molecular flexibility index (Phi) is 4.94. The Balaban J connectivity index is 1.37. The number of rotatable bonds is 6. The molecule has 0 saturated carbocycles. The van der Waals surface area contributed by atoms with Gasteiger partial charge in [0.25, 0.3) is 0 Å². The van der Waals surface area contributed by atoms with Crippen molar-refractivity contribution in [2.24, 2.45) is 0 Å². The van der Waals surface area contributed by atoms with Crippen molar-refractivity contribution < 1.29 is 9.47 Å². The fourth-order valence-electron chi connectivity index (χ4n) is 3.76. The lowest BCUT2D eigenvalue weighted by Crippen LogP contribution is -2.42. The molecule has 25 heavy (non-hydrogen) atoms. The molecule has 0 aromatic carbocycles. The highest BCUT2D eigenvalue weighted by atomic mass is 16.5. The second kappa shape index (κ2) is 7.49. The zero-order chi connectivity index (χ0) is 17.1. The van der Waals surface area contributed by atoms with Crippen LogP contribution in [0.2, 0.25) is 0 Å². The van der Waals surface area contributed by atoms with E-state index in [1.54, 1.807) is 6.20 Å². The number of hydrogen-bond acceptors (Lipinski definition) is 6. The van der Waals surface area contributed by atoms with E-state index in [4.69, 9.17) is 9.47 Å². The molecule has 0 unspecified atom stereocenters. The van der Waals surface area contributed by atoms with Crippen LogP contribution in [-0.4, -0.2) is 58.0 Å². The molecule has 4 heterocycles. The fraction of sp³-hybridized carbons (Fsp3) is 0.611. The summed E-state index contributed by atoms with van der Waals surface area (Å²) in [5, 5.41) is 12.8. The van der Waals surface area contributed by atoms with Crippen LogP contribution in [0.1, 0.15) is 25.0 Å². The van der Waals surface area contributed by atoms with Crippen LogP contribution in [0.3, 0.4) is 0 Å². The minimum Gasteiger partial charge on any atom is -0.374 e. The van der Waals surface area contributed by atoms with Crippen molar-refractivity contribution in [1.82, 2.24) is 20.0 Å². The number of hydrogen-bond donors (Lipinski definition) is 0. The minimum atomic E-state index is 0.0889. The average molecular weight is 343 g/mol. The molecule has 4 rings (SSSR count). The Morgan fingerprint density at radius 3 is 3.08 bits per heavy atom. The van der Waals surface area contributed by atoms with Crippen molar-refractivity contribution >= 4 is 5.82 Å². The topological polar surface area (TPSA) is 65.3 Å². The van der Waals surface area contributed by atoms with Gasteiger partial charge >= 0.3 is 0 Å². The highest BCUT2D eigenvalue weighted by molar-refractivity contribution is 5.42. The van der Waals surface area contributed by atoms with Crippen LogP contribution in [0.25, 0.3) is 0 Å². The van der Waals surface area contributed by atoms with Gasteiger partial charge in [-0.25, -0.2) is 0 Å². The van der Waals surface area contributed by atoms with Crippen LogP contribution in [0, 0.1) is 6.92 Å². The van der Waals surface area contributed by atoms with Gasteiger partial charge in [-0.15, -0.1) is 5.10 Å². The Labute approximate surface area is 147 Å². The Morgan fingerprint density at radius 2 is 2.28 bits per heavy atom. The molecular formula is C18H25N5O2. The van der Waals surface area contributed by atoms with Gasteiger partial charge < -0.3 is 14.4 Å². The van der Waals surface area contributed by atoms with Gasteiger partial charge in [0.1, 0.15) is 12.2 Å². The maximum Gasteiger partial charge on any atom is 0.151 e. The van der Waals surface area contributed by atoms with Crippen LogP contribution >= 0.6 is 0 Å². The maximum absolute atomic E-state index is 6.19. The molecule has 7 nitrogen and oxygen atoms in total. The first kappa shape index (κ1) is 16.5. The molecule has 0 radical (unpaired) electrons. The average Bonchev–Trinajstić information content (AvgIpc) is 3.28. The molecule has 3 atom stereocenters. The molecule has 2 fully saturated rings. The molecule has 0 amide bonds. The number of aromatic nitrogens is 4. The smallest absolute Gasteiger partial charge is 0.151 e. The lowest BCUT2D eigenvalue weighted by Gasteiger charge is -2.32. The standard InChI is InChI=1S/C18H25N5O2/c1-14-6-7-17(21-20-14)23-13-16(18-15(23)5-2-11-25-18)24-12-4-10-22-9-3-8-19-22/h3,6-9,15-16,18H,2,4-5,10-13H2,1H3/t15-,16+,18+/m1/s1. The lowest BCUT2D eigenvalue weighted by atomic mass is 10.0. The quantitative estimate of drug-likeness (QED) is 0.746. The number of anilines is 1. The molecular weight excluding hydrogens is 318 g/mol. The van der Waals surface area contributed by atoms with Crippen LogP contribution in [0.5, 0.6) is 0 Å². The molecule has 134 valence electrons. The van der Waals surface area contributed by atoms with Crippen molar-refractivity contribution in [3.05, 3.63) is 36.3 Å². The number of nitrogens with zero attached hydrogens (tertiary/aromatic N) is 5. The van der Waals surface area contributed by atoms with Gasteiger partial charge in [0.05, 0.1) is 11.7 Å². The molecule has 7 heteroatoms. The molecule has 2 aliphatic rings. The van der Waals surface area contributed by atoms with E-state index in [2.05, 4.69) is 20.2 Å². The minimum absolute atomic E-state index is 0.0889. The van der Waals surface area contributed by atoms with Gasteiger partial charge in [0.15, 0.2) is 5.82 Å². The van der Waals surface area contributed by atoms with E-state index in [1.807, 2.05) is 36.0 Å². The first-order chi connectivity index (χ1) is 12.3. The van der Waals surface area contributed by atoms with Crippen LogP contribution in [-0.2, 0) is 16.0 Å². The van der Waals surface area contributed by atoms with Crippen molar-refractivity contribution in [2.75, 3.05) is 24.7 Å². The fourth-order valence-corrected chi connectivity index (χ4v) is 3.76. The number of fused-ring (bicyclic) bond motifs is 1. The van der Waals surface area contributed by atoms with Crippen LogP contribution in [0.15, 0.2) is 30.6 Å². The monoisotopic (exact) mass is 343 g/mol. The van der Waals surface area contributed by atoms with Gasteiger partial charge in [-0.2, -0.15) is 10.2 Å². The van der Waals surface area contributed by atoms with E-state index in [0.29, 0.717) is 12.6 Å². The van der Waals surface area contributed by atoms with E-state index in [-0.39, 0.29) is 12.2 Å². The summed E-state index contributed by atoms with van der Waals surface area (Å²) in [6.07, 6.45) is 7.15. The van der Waals surface area contributed by atoms with Gasteiger partial charge in [-0.1, -0.05) is 0 Å². The Bertz CT molecular complexity index is 661. The second-order valence-corrected chi connectivity index (χ2v) is 6.76. The zero-order valence-electron chi connectivity index (χ0n) is 14.6. The van der Waals surface area contributed by atoms with Gasteiger partial charge in [0, 0.05) is 38.7 Å². The highest BCUT2D eigenvalue weighted by Gasteiger charge is 2.45. The van der Waals surface area contributed by atoms with E-state index >= 15 is 0 Å². The predicted molar refractivity (Wildman–Crippen MR) is 93.5 cm³/mol. The summed E-state index contributed by atoms with van der Waals surface area (Å²) in [7, 11) is 0. The predicted octanol–water partition coefficient (Wildman–Crippen LogP) is 1.82. The van der Waals surface area contributed by atoms with E-state index in [1.165, 1.54) is 0 Å². The SMILES string of the molecule is Cc1ccc(N2C[C@H](OCCCn3cccn3)[C@H]3OCCC[C@H]32)nn1. The Hall–Kier alpha value is -1.99. The van der Waals surface area contributed by atoms with Crippen LogP contribution < -0.4 is 4.90 Å². The van der Waals surface area contributed by atoms with Crippen molar-refractivity contribution in [3.8, 4) is 0 Å². The molecule has 2 aliphatic heterocycles.